The maximum atomic E-state index is 11.9. The third-order valence-corrected chi connectivity index (χ3v) is 3.27. The predicted molar refractivity (Wildman–Crippen MR) is 65.0 cm³/mol. The van der Waals surface area contributed by atoms with E-state index < -0.39 is 30.2 Å². The van der Waals surface area contributed by atoms with Crippen molar-refractivity contribution in [3.63, 3.8) is 0 Å². The van der Waals surface area contributed by atoms with Crippen LogP contribution in [0.25, 0.3) is 0 Å². The second-order valence-electron chi connectivity index (χ2n) is 4.42. The Morgan fingerprint density at radius 3 is 2.53 bits per heavy atom. The largest absolute Gasteiger partial charge is 0.548 e. The van der Waals surface area contributed by atoms with Crippen LogP contribution >= 0.6 is 11.6 Å². The lowest BCUT2D eigenvalue weighted by atomic mass is 9.98. The highest BCUT2D eigenvalue weighted by Crippen LogP contribution is 2.23. The number of benzene rings is 1. The van der Waals surface area contributed by atoms with E-state index in [2.05, 4.69) is 0 Å². The van der Waals surface area contributed by atoms with E-state index in [4.69, 9.17) is 11.6 Å². The first kappa shape index (κ1) is 13.5. The number of nitrogens with zero attached hydrogens (tertiary/aromatic N) is 1. The van der Waals surface area contributed by atoms with Crippen LogP contribution in [0.15, 0.2) is 24.3 Å². The van der Waals surface area contributed by atoms with Crippen LogP contribution in [0.2, 0.25) is 5.02 Å². The molecule has 5 nitrogen and oxygen atoms in total. The molecule has 0 bridgehead atoms. The number of carboxylic acids is 1. The van der Waals surface area contributed by atoms with Gasteiger partial charge in [-0.1, -0.05) is 23.7 Å². The van der Waals surface area contributed by atoms with E-state index in [1.54, 1.807) is 24.3 Å². The van der Waals surface area contributed by atoms with Crippen LogP contribution in [0.1, 0.15) is 12.0 Å². The van der Waals surface area contributed by atoms with Crippen LogP contribution < -0.4 is 5.11 Å². The minimum Gasteiger partial charge on any atom is -0.548 e. The molecule has 1 atom stereocenters. The Morgan fingerprint density at radius 2 is 1.95 bits per heavy atom. The van der Waals surface area contributed by atoms with E-state index in [1.807, 2.05) is 0 Å². The summed E-state index contributed by atoms with van der Waals surface area (Å²) in [5.41, 5.74) is 0.880. The fraction of sp³-hybridized carbons (Fsp3) is 0.308. The van der Waals surface area contributed by atoms with Crippen LogP contribution in [0.5, 0.6) is 0 Å². The Hall–Kier alpha value is -1.88. The standard InChI is InChI=1S/C13H12ClNO4/c14-10-3-1-8(2-4-10)5-9-6-11(16)15(13(9)19)7-12(17)18/h1-4,9H,5-7H2,(H,17,18)/p-1. The molecule has 0 N–H and O–H groups in total. The number of carbonyl (C=O) groups is 3. The summed E-state index contributed by atoms with van der Waals surface area (Å²) < 4.78 is 0. The van der Waals surface area contributed by atoms with Gasteiger partial charge in [-0.05, 0) is 24.1 Å². The molecule has 1 aliphatic heterocycles. The van der Waals surface area contributed by atoms with Gasteiger partial charge in [0.1, 0.15) is 0 Å². The number of carboxylic acid groups (broad SMARTS) is 1. The van der Waals surface area contributed by atoms with Gasteiger partial charge in [-0.25, -0.2) is 0 Å². The zero-order valence-electron chi connectivity index (χ0n) is 9.97. The molecule has 6 heteroatoms. The molecule has 0 aliphatic carbocycles. The summed E-state index contributed by atoms with van der Waals surface area (Å²) in [4.78, 5) is 34.7. The minimum atomic E-state index is -1.44. The van der Waals surface area contributed by atoms with Crippen molar-refractivity contribution in [1.29, 1.82) is 0 Å². The lowest BCUT2D eigenvalue weighted by molar-refractivity contribution is -0.305. The second-order valence-corrected chi connectivity index (χ2v) is 4.86. The monoisotopic (exact) mass is 280 g/mol. The van der Waals surface area contributed by atoms with Gasteiger partial charge in [0.25, 0.3) is 0 Å². The molecule has 1 fully saturated rings. The Morgan fingerprint density at radius 1 is 1.32 bits per heavy atom. The summed E-state index contributed by atoms with van der Waals surface area (Å²) in [5.74, 6) is -2.86. The number of likely N-dealkylation sites (tertiary alicyclic amines) is 1. The number of hydrogen-bond donors (Lipinski definition) is 0. The number of aliphatic carboxylic acids is 1. The lowest BCUT2D eigenvalue weighted by Gasteiger charge is -2.15. The average molecular weight is 281 g/mol. The molecule has 1 aliphatic rings. The number of hydrogen-bond acceptors (Lipinski definition) is 4. The van der Waals surface area contributed by atoms with Crippen molar-refractivity contribution in [1.82, 2.24) is 4.90 Å². The third-order valence-electron chi connectivity index (χ3n) is 3.02. The van der Waals surface area contributed by atoms with Crippen molar-refractivity contribution in [2.24, 2.45) is 5.92 Å². The number of carbonyl (C=O) groups excluding carboxylic acids is 3. The molecular weight excluding hydrogens is 270 g/mol. The van der Waals surface area contributed by atoms with Gasteiger partial charge in [0, 0.05) is 11.4 Å². The molecule has 1 aromatic rings. The Labute approximate surface area is 114 Å². The summed E-state index contributed by atoms with van der Waals surface area (Å²) >= 11 is 5.76. The smallest absolute Gasteiger partial charge is 0.233 e. The van der Waals surface area contributed by atoms with Crippen LogP contribution in [0.4, 0.5) is 0 Å². The molecule has 2 amide bonds. The minimum absolute atomic E-state index is 0.0364. The number of amides is 2. The molecule has 100 valence electrons. The van der Waals surface area contributed by atoms with Crippen molar-refractivity contribution in [2.75, 3.05) is 6.54 Å². The van der Waals surface area contributed by atoms with Crippen molar-refractivity contribution in [3.8, 4) is 0 Å². The van der Waals surface area contributed by atoms with E-state index in [1.165, 1.54) is 0 Å². The molecule has 1 saturated heterocycles. The first-order valence-electron chi connectivity index (χ1n) is 5.76. The first-order chi connectivity index (χ1) is 8.97. The molecule has 0 radical (unpaired) electrons. The number of halogens is 1. The van der Waals surface area contributed by atoms with Crippen LogP contribution in [-0.2, 0) is 20.8 Å². The van der Waals surface area contributed by atoms with E-state index in [0.29, 0.717) is 11.4 Å². The number of rotatable bonds is 4. The molecule has 1 aromatic carbocycles. The second kappa shape index (κ2) is 5.40. The summed E-state index contributed by atoms with van der Waals surface area (Å²) in [6, 6.07) is 6.97. The third kappa shape index (κ3) is 3.12. The highest BCUT2D eigenvalue weighted by atomic mass is 35.5. The van der Waals surface area contributed by atoms with Gasteiger partial charge in [0.2, 0.25) is 11.8 Å². The molecule has 1 heterocycles. The molecule has 0 saturated carbocycles. The van der Waals surface area contributed by atoms with Crippen LogP contribution in [0.3, 0.4) is 0 Å². The summed E-state index contributed by atoms with van der Waals surface area (Å²) in [7, 11) is 0. The highest BCUT2D eigenvalue weighted by Gasteiger charge is 2.38. The fourth-order valence-corrected chi connectivity index (χ4v) is 2.24. The zero-order valence-corrected chi connectivity index (χ0v) is 10.7. The Bertz CT molecular complexity index is 526. The Kier molecular flexibility index (Phi) is 3.85. The fourth-order valence-electron chi connectivity index (χ4n) is 2.11. The SMILES string of the molecule is O=C([O-])CN1C(=O)CC(Cc2ccc(Cl)cc2)C1=O. The summed E-state index contributed by atoms with van der Waals surface area (Å²) in [5, 5.41) is 11.1. The zero-order chi connectivity index (χ0) is 14.0. The van der Waals surface area contributed by atoms with Crippen molar-refractivity contribution in [3.05, 3.63) is 34.9 Å². The Balaban J connectivity index is 2.06. The molecular formula is C13H11ClNO4-. The van der Waals surface area contributed by atoms with Gasteiger partial charge in [-0.3, -0.25) is 14.5 Å². The summed E-state index contributed by atoms with van der Waals surface area (Å²) in [6.45, 7) is -0.672. The molecule has 19 heavy (non-hydrogen) atoms. The van der Waals surface area contributed by atoms with Crippen LogP contribution in [-0.4, -0.2) is 29.2 Å². The summed E-state index contributed by atoms with van der Waals surface area (Å²) in [6.07, 6.45) is 0.431. The van der Waals surface area contributed by atoms with Gasteiger partial charge < -0.3 is 9.90 Å². The molecule has 1 unspecified atom stereocenters. The van der Waals surface area contributed by atoms with Crippen molar-refractivity contribution in [2.45, 2.75) is 12.8 Å². The van der Waals surface area contributed by atoms with Gasteiger partial charge in [-0.15, -0.1) is 0 Å². The molecule has 0 aromatic heterocycles. The van der Waals surface area contributed by atoms with E-state index in [9.17, 15) is 19.5 Å². The lowest BCUT2D eigenvalue weighted by Crippen LogP contribution is -2.41. The topological polar surface area (TPSA) is 77.5 Å². The molecule has 0 spiro atoms. The predicted octanol–water partition coefficient (Wildman–Crippen LogP) is 0.00750. The van der Waals surface area contributed by atoms with E-state index in [0.717, 1.165) is 10.5 Å². The van der Waals surface area contributed by atoms with E-state index in [-0.39, 0.29) is 6.42 Å². The average Bonchev–Trinajstić information content (AvgIpc) is 2.60. The normalized spacial score (nSPS) is 19.0. The van der Waals surface area contributed by atoms with Crippen molar-refractivity contribution >= 4 is 29.4 Å². The van der Waals surface area contributed by atoms with Crippen LogP contribution in [0, 0.1) is 5.92 Å². The number of imide groups is 1. The van der Waals surface area contributed by atoms with Gasteiger partial charge in [-0.2, -0.15) is 0 Å². The molecule has 2 rings (SSSR count). The van der Waals surface area contributed by atoms with Gasteiger partial charge in [0.15, 0.2) is 0 Å². The van der Waals surface area contributed by atoms with Gasteiger partial charge >= 0.3 is 0 Å². The van der Waals surface area contributed by atoms with E-state index >= 15 is 0 Å². The van der Waals surface area contributed by atoms with Gasteiger partial charge in [0.05, 0.1) is 18.4 Å². The maximum Gasteiger partial charge on any atom is 0.233 e. The quantitative estimate of drug-likeness (QED) is 0.728. The maximum absolute atomic E-state index is 11.9. The highest BCUT2D eigenvalue weighted by molar-refractivity contribution is 6.30. The first-order valence-corrected chi connectivity index (χ1v) is 6.13. The van der Waals surface area contributed by atoms with Crippen molar-refractivity contribution < 1.29 is 19.5 Å².